The number of carbonyl (C=O) groups is 1. The van der Waals surface area contributed by atoms with Crippen LogP contribution in [0.4, 0.5) is 5.69 Å². The van der Waals surface area contributed by atoms with Crippen LogP contribution in [-0.2, 0) is 11.2 Å². The second kappa shape index (κ2) is 5.67. The third-order valence-electron chi connectivity index (χ3n) is 3.83. The summed E-state index contributed by atoms with van der Waals surface area (Å²) in [6.45, 7) is 1.76. The van der Waals surface area contributed by atoms with Gasteiger partial charge in [-0.2, -0.15) is 11.3 Å². The number of carboxylic acid groups (broad SMARTS) is 1. The highest BCUT2D eigenvalue weighted by Gasteiger charge is 2.29. The standard InChI is InChI=1S/C16H17NO2S/c18-16(19)9-13-10-17(7-5-12-6-8-20-11-12)15-4-2-1-3-14(13)15/h1-4,6,8,11,13H,5,7,9-10H2,(H,18,19). The third-order valence-corrected chi connectivity index (χ3v) is 4.56. The monoisotopic (exact) mass is 287 g/mol. The molecule has 1 aromatic carbocycles. The molecule has 1 aliphatic rings. The first kappa shape index (κ1) is 13.2. The van der Waals surface area contributed by atoms with Crippen molar-refractivity contribution in [2.45, 2.75) is 18.8 Å². The van der Waals surface area contributed by atoms with Gasteiger partial charge in [0.05, 0.1) is 6.42 Å². The van der Waals surface area contributed by atoms with E-state index in [0.717, 1.165) is 19.5 Å². The Morgan fingerprint density at radius 2 is 2.20 bits per heavy atom. The van der Waals surface area contributed by atoms with E-state index in [1.54, 1.807) is 11.3 Å². The number of anilines is 1. The van der Waals surface area contributed by atoms with Crippen molar-refractivity contribution in [3.63, 3.8) is 0 Å². The molecular weight excluding hydrogens is 270 g/mol. The summed E-state index contributed by atoms with van der Waals surface area (Å²) >= 11 is 1.72. The molecule has 0 amide bonds. The molecule has 1 N–H and O–H groups in total. The van der Waals surface area contributed by atoms with Crippen LogP contribution in [0.5, 0.6) is 0 Å². The van der Waals surface area contributed by atoms with Gasteiger partial charge < -0.3 is 10.0 Å². The van der Waals surface area contributed by atoms with Gasteiger partial charge in [-0.15, -0.1) is 0 Å². The average molecular weight is 287 g/mol. The lowest BCUT2D eigenvalue weighted by molar-refractivity contribution is -0.137. The van der Waals surface area contributed by atoms with Crippen molar-refractivity contribution in [3.05, 3.63) is 52.2 Å². The second-order valence-corrected chi connectivity index (χ2v) is 5.96. The van der Waals surface area contributed by atoms with Gasteiger partial charge in [-0.05, 0) is 40.4 Å². The summed E-state index contributed by atoms with van der Waals surface area (Å²) in [5, 5.41) is 13.3. The number of aliphatic carboxylic acids is 1. The lowest BCUT2D eigenvalue weighted by atomic mass is 9.98. The Morgan fingerprint density at radius 1 is 1.35 bits per heavy atom. The molecule has 0 radical (unpaired) electrons. The van der Waals surface area contributed by atoms with E-state index in [2.05, 4.69) is 33.9 Å². The van der Waals surface area contributed by atoms with Crippen LogP contribution >= 0.6 is 11.3 Å². The summed E-state index contributed by atoms with van der Waals surface area (Å²) in [7, 11) is 0. The van der Waals surface area contributed by atoms with E-state index in [0.29, 0.717) is 0 Å². The van der Waals surface area contributed by atoms with E-state index in [9.17, 15) is 4.79 Å². The quantitative estimate of drug-likeness (QED) is 0.916. The van der Waals surface area contributed by atoms with Gasteiger partial charge in [0.15, 0.2) is 0 Å². The molecule has 2 aromatic rings. The highest BCUT2D eigenvalue weighted by Crippen LogP contribution is 2.37. The number of benzene rings is 1. The summed E-state index contributed by atoms with van der Waals surface area (Å²) in [5.74, 6) is -0.601. The molecule has 3 rings (SSSR count). The number of hydrogen-bond donors (Lipinski definition) is 1. The fourth-order valence-electron chi connectivity index (χ4n) is 2.88. The van der Waals surface area contributed by atoms with Crippen molar-refractivity contribution < 1.29 is 9.90 Å². The minimum absolute atomic E-state index is 0.117. The van der Waals surface area contributed by atoms with Gasteiger partial charge in [0.2, 0.25) is 0 Å². The number of rotatable bonds is 5. The van der Waals surface area contributed by atoms with Gasteiger partial charge in [0, 0.05) is 24.7 Å². The minimum atomic E-state index is -0.718. The predicted octanol–water partition coefficient (Wildman–Crippen LogP) is 3.37. The molecule has 0 bridgehead atoms. The highest BCUT2D eigenvalue weighted by atomic mass is 32.1. The predicted molar refractivity (Wildman–Crippen MR) is 81.7 cm³/mol. The van der Waals surface area contributed by atoms with Crippen molar-refractivity contribution in [2.24, 2.45) is 0 Å². The van der Waals surface area contributed by atoms with Crippen molar-refractivity contribution in [1.29, 1.82) is 0 Å². The van der Waals surface area contributed by atoms with Crippen LogP contribution in [0.25, 0.3) is 0 Å². The molecule has 104 valence electrons. The van der Waals surface area contributed by atoms with Gasteiger partial charge in [-0.25, -0.2) is 0 Å². The average Bonchev–Trinajstić information content (AvgIpc) is 3.05. The Hall–Kier alpha value is -1.81. The molecule has 1 unspecified atom stereocenters. The zero-order valence-corrected chi connectivity index (χ0v) is 12.0. The molecule has 0 saturated heterocycles. The molecule has 1 aromatic heterocycles. The Morgan fingerprint density at radius 3 is 2.95 bits per heavy atom. The fraction of sp³-hybridized carbons (Fsp3) is 0.312. The van der Waals surface area contributed by atoms with E-state index in [1.807, 2.05) is 12.1 Å². The van der Waals surface area contributed by atoms with Crippen LogP contribution in [0.2, 0.25) is 0 Å². The molecule has 0 fully saturated rings. The highest BCUT2D eigenvalue weighted by molar-refractivity contribution is 7.07. The van der Waals surface area contributed by atoms with Crippen molar-refractivity contribution in [3.8, 4) is 0 Å². The first-order valence-electron chi connectivity index (χ1n) is 6.81. The Labute approximate surface area is 122 Å². The van der Waals surface area contributed by atoms with Gasteiger partial charge >= 0.3 is 5.97 Å². The smallest absolute Gasteiger partial charge is 0.304 e. The Bertz CT molecular complexity index is 594. The summed E-state index contributed by atoms with van der Waals surface area (Å²) in [6, 6.07) is 10.3. The van der Waals surface area contributed by atoms with Crippen molar-refractivity contribution in [2.75, 3.05) is 18.0 Å². The SMILES string of the molecule is O=C(O)CC1CN(CCc2ccsc2)c2ccccc21. The van der Waals surface area contributed by atoms with Crippen LogP contribution < -0.4 is 4.90 Å². The molecule has 4 heteroatoms. The third kappa shape index (κ3) is 2.70. The maximum atomic E-state index is 11.0. The largest absolute Gasteiger partial charge is 0.481 e. The summed E-state index contributed by atoms with van der Waals surface area (Å²) < 4.78 is 0. The van der Waals surface area contributed by atoms with E-state index in [4.69, 9.17) is 5.11 Å². The number of nitrogens with zero attached hydrogens (tertiary/aromatic N) is 1. The minimum Gasteiger partial charge on any atom is -0.481 e. The van der Waals surface area contributed by atoms with Gasteiger partial charge in [0.1, 0.15) is 0 Å². The van der Waals surface area contributed by atoms with E-state index in [1.165, 1.54) is 16.8 Å². The first-order chi connectivity index (χ1) is 9.74. The normalized spacial score (nSPS) is 17.2. The first-order valence-corrected chi connectivity index (χ1v) is 7.75. The summed E-state index contributed by atoms with van der Waals surface area (Å²) in [4.78, 5) is 13.3. The van der Waals surface area contributed by atoms with E-state index in [-0.39, 0.29) is 12.3 Å². The number of carboxylic acids is 1. The summed E-state index contributed by atoms with van der Waals surface area (Å²) in [5.41, 5.74) is 3.74. The molecule has 1 atom stereocenters. The van der Waals surface area contributed by atoms with Gasteiger partial charge in [0.25, 0.3) is 0 Å². The molecule has 1 aliphatic heterocycles. The number of fused-ring (bicyclic) bond motifs is 1. The van der Waals surface area contributed by atoms with Crippen molar-refractivity contribution >= 4 is 23.0 Å². The van der Waals surface area contributed by atoms with Crippen LogP contribution in [-0.4, -0.2) is 24.2 Å². The topological polar surface area (TPSA) is 40.5 Å². The van der Waals surface area contributed by atoms with Crippen LogP contribution in [0.15, 0.2) is 41.1 Å². The van der Waals surface area contributed by atoms with Crippen LogP contribution in [0.3, 0.4) is 0 Å². The zero-order chi connectivity index (χ0) is 13.9. The number of hydrogen-bond acceptors (Lipinski definition) is 3. The van der Waals surface area contributed by atoms with Gasteiger partial charge in [-0.3, -0.25) is 4.79 Å². The maximum absolute atomic E-state index is 11.0. The van der Waals surface area contributed by atoms with E-state index >= 15 is 0 Å². The molecule has 20 heavy (non-hydrogen) atoms. The summed E-state index contributed by atoms with van der Waals surface area (Å²) in [6.07, 6.45) is 1.23. The number of thiophene rings is 1. The maximum Gasteiger partial charge on any atom is 0.304 e. The molecule has 0 spiro atoms. The van der Waals surface area contributed by atoms with E-state index < -0.39 is 5.97 Å². The van der Waals surface area contributed by atoms with Gasteiger partial charge in [-0.1, -0.05) is 18.2 Å². The van der Waals surface area contributed by atoms with Crippen molar-refractivity contribution in [1.82, 2.24) is 0 Å². The zero-order valence-electron chi connectivity index (χ0n) is 11.2. The second-order valence-electron chi connectivity index (χ2n) is 5.18. The fourth-order valence-corrected chi connectivity index (χ4v) is 3.58. The van der Waals surface area contributed by atoms with Crippen LogP contribution in [0, 0.1) is 0 Å². The molecule has 3 nitrogen and oxygen atoms in total. The molecule has 0 aliphatic carbocycles. The molecular formula is C16H17NO2S. The molecule has 2 heterocycles. The Kier molecular flexibility index (Phi) is 3.74. The number of para-hydroxylation sites is 1. The van der Waals surface area contributed by atoms with Crippen LogP contribution in [0.1, 0.15) is 23.5 Å². The lowest BCUT2D eigenvalue weighted by Crippen LogP contribution is -2.25. The Balaban J connectivity index is 1.74. The molecule has 0 saturated carbocycles. The lowest BCUT2D eigenvalue weighted by Gasteiger charge is -2.19.